The highest BCUT2D eigenvalue weighted by molar-refractivity contribution is 7.18. The van der Waals surface area contributed by atoms with Crippen LogP contribution in [-0.2, 0) is 17.8 Å². The Morgan fingerprint density at radius 3 is 2.71 bits per heavy atom. The van der Waals surface area contributed by atoms with Gasteiger partial charge in [0, 0.05) is 4.88 Å². The van der Waals surface area contributed by atoms with Crippen LogP contribution < -0.4 is 10.9 Å². The molecule has 0 atom stereocenters. The van der Waals surface area contributed by atoms with Gasteiger partial charge in [0.05, 0.1) is 11.7 Å². The van der Waals surface area contributed by atoms with E-state index in [1.165, 1.54) is 23.7 Å². The number of fused-ring (bicyclic) bond motifs is 1. The second-order valence-corrected chi connectivity index (χ2v) is 6.22. The third kappa shape index (κ3) is 3.05. The molecule has 0 saturated heterocycles. The molecule has 0 radical (unpaired) electrons. The summed E-state index contributed by atoms with van der Waals surface area (Å²) in [5.41, 5.74) is -0.895. The second kappa shape index (κ2) is 6.48. The highest BCUT2D eigenvalue weighted by atomic mass is 32.1. The van der Waals surface area contributed by atoms with Gasteiger partial charge in [0.1, 0.15) is 28.7 Å². The van der Waals surface area contributed by atoms with Crippen LogP contribution in [0.25, 0.3) is 10.2 Å². The zero-order valence-corrected chi connectivity index (χ0v) is 13.5. The van der Waals surface area contributed by atoms with Crippen LogP contribution in [0.1, 0.15) is 11.8 Å². The van der Waals surface area contributed by atoms with Crippen LogP contribution in [0.15, 0.2) is 35.4 Å². The van der Waals surface area contributed by atoms with Crippen LogP contribution >= 0.6 is 11.3 Å². The van der Waals surface area contributed by atoms with E-state index < -0.39 is 23.2 Å². The standard InChI is InChI=1S/C16H13F2N3O2S/c1-2-9-6-10-15(24-9)19-8-21(16(10)23)7-13(22)20-14-11(17)4-3-5-12(14)18/h3-6,8H,2,7H2,1H3,(H,20,22). The minimum absolute atomic E-state index is 0.361. The van der Waals surface area contributed by atoms with Gasteiger partial charge >= 0.3 is 0 Å². The first-order chi connectivity index (χ1) is 11.5. The number of rotatable bonds is 4. The van der Waals surface area contributed by atoms with Crippen molar-refractivity contribution >= 4 is 33.1 Å². The van der Waals surface area contributed by atoms with Gasteiger partial charge in [-0.2, -0.15) is 0 Å². The van der Waals surface area contributed by atoms with Gasteiger partial charge in [0.15, 0.2) is 0 Å². The van der Waals surface area contributed by atoms with E-state index >= 15 is 0 Å². The lowest BCUT2D eigenvalue weighted by molar-refractivity contribution is -0.116. The van der Waals surface area contributed by atoms with Crippen LogP contribution in [-0.4, -0.2) is 15.5 Å². The third-order valence-electron chi connectivity index (χ3n) is 3.46. The molecule has 0 saturated carbocycles. The molecule has 0 unspecified atom stereocenters. The summed E-state index contributed by atoms with van der Waals surface area (Å²) in [5.74, 6) is -2.47. The number of benzene rings is 1. The lowest BCUT2D eigenvalue weighted by Crippen LogP contribution is -2.28. The summed E-state index contributed by atoms with van der Waals surface area (Å²) in [4.78, 5) is 30.2. The molecular formula is C16H13F2N3O2S. The molecule has 3 aromatic rings. The Morgan fingerprint density at radius 1 is 1.33 bits per heavy atom. The van der Waals surface area contributed by atoms with E-state index in [9.17, 15) is 18.4 Å². The fraction of sp³-hybridized carbons (Fsp3) is 0.188. The van der Waals surface area contributed by atoms with E-state index in [1.807, 2.05) is 6.92 Å². The maximum Gasteiger partial charge on any atom is 0.262 e. The maximum atomic E-state index is 13.5. The van der Waals surface area contributed by atoms with Gasteiger partial charge in [-0.1, -0.05) is 13.0 Å². The lowest BCUT2D eigenvalue weighted by atomic mass is 10.3. The van der Waals surface area contributed by atoms with Crippen molar-refractivity contribution in [2.45, 2.75) is 19.9 Å². The minimum atomic E-state index is -0.880. The van der Waals surface area contributed by atoms with E-state index in [0.29, 0.717) is 10.2 Å². The number of hydrogen-bond acceptors (Lipinski definition) is 4. The monoisotopic (exact) mass is 349 g/mol. The number of hydrogen-bond donors (Lipinski definition) is 1. The summed E-state index contributed by atoms with van der Waals surface area (Å²) in [5, 5.41) is 2.58. The van der Waals surface area contributed by atoms with E-state index in [2.05, 4.69) is 10.3 Å². The predicted molar refractivity (Wildman–Crippen MR) is 88.2 cm³/mol. The topological polar surface area (TPSA) is 64.0 Å². The van der Waals surface area contributed by atoms with E-state index in [4.69, 9.17) is 0 Å². The van der Waals surface area contributed by atoms with Gasteiger partial charge in [-0.3, -0.25) is 14.2 Å². The van der Waals surface area contributed by atoms with Crippen molar-refractivity contribution in [3.63, 3.8) is 0 Å². The molecule has 0 fully saturated rings. The molecule has 0 bridgehead atoms. The summed E-state index contributed by atoms with van der Waals surface area (Å²) < 4.78 is 28.2. The Kier molecular flexibility index (Phi) is 4.39. The van der Waals surface area contributed by atoms with Crippen LogP contribution in [0.4, 0.5) is 14.5 Å². The molecule has 5 nitrogen and oxygen atoms in total. The smallest absolute Gasteiger partial charge is 0.262 e. The first-order valence-corrected chi connectivity index (χ1v) is 8.03. The van der Waals surface area contributed by atoms with Crippen LogP contribution in [0.5, 0.6) is 0 Å². The summed E-state index contributed by atoms with van der Waals surface area (Å²) in [7, 11) is 0. The number of aromatic nitrogens is 2. The van der Waals surface area contributed by atoms with Crippen molar-refractivity contribution in [1.82, 2.24) is 9.55 Å². The first-order valence-electron chi connectivity index (χ1n) is 7.21. The molecule has 0 aliphatic heterocycles. The molecule has 0 aliphatic carbocycles. The Bertz CT molecular complexity index is 961. The SMILES string of the molecule is CCc1cc2c(=O)n(CC(=O)Nc3c(F)cccc3F)cnc2s1. The quantitative estimate of drug-likeness (QED) is 0.788. The van der Waals surface area contributed by atoms with Gasteiger partial charge in [-0.15, -0.1) is 11.3 Å². The predicted octanol–water partition coefficient (Wildman–Crippen LogP) is 2.94. The maximum absolute atomic E-state index is 13.5. The minimum Gasteiger partial charge on any atom is -0.320 e. The molecule has 0 aliphatic rings. The van der Waals surface area contributed by atoms with Crippen LogP contribution in [0.2, 0.25) is 0 Å². The molecule has 1 amide bonds. The molecular weight excluding hydrogens is 336 g/mol. The molecule has 8 heteroatoms. The van der Waals surface area contributed by atoms with Gasteiger partial charge in [-0.05, 0) is 24.6 Å². The fourth-order valence-corrected chi connectivity index (χ4v) is 3.17. The van der Waals surface area contributed by atoms with Gasteiger partial charge in [0.25, 0.3) is 5.56 Å². The molecule has 24 heavy (non-hydrogen) atoms. The van der Waals surface area contributed by atoms with Crippen molar-refractivity contribution in [3.05, 3.63) is 57.5 Å². The van der Waals surface area contributed by atoms with E-state index in [1.54, 1.807) is 6.07 Å². The highest BCUT2D eigenvalue weighted by Crippen LogP contribution is 2.21. The van der Waals surface area contributed by atoms with E-state index in [0.717, 1.165) is 28.0 Å². The number of aryl methyl sites for hydroxylation is 1. The van der Waals surface area contributed by atoms with Gasteiger partial charge in [0.2, 0.25) is 5.91 Å². The largest absolute Gasteiger partial charge is 0.320 e. The summed E-state index contributed by atoms with van der Waals surface area (Å²) >= 11 is 1.42. The molecule has 3 rings (SSSR count). The number of carbonyl (C=O) groups excluding carboxylic acids is 1. The normalized spacial score (nSPS) is 11.0. The van der Waals surface area contributed by atoms with Crippen molar-refractivity contribution in [2.75, 3.05) is 5.32 Å². The Morgan fingerprint density at radius 2 is 2.04 bits per heavy atom. The van der Waals surface area contributed by atoms with Crippen LogP contribution in [0.3, 0.4) is 0 Å². The van der Waals surface area contributed by atoms with Crippen molar-refractivity contribution in [2.24, 2.45) is 0 Å². The summed E-state index contributed by atoms with van der Waals surface area (Å²) in [6.07, 6.45) is 2.05. The number of nitrogens with zero attached hydrogens (tertiary/aromatic N) is 2. The summed E-state index contributed by atoms with van der Waals surface area (Å²) in [6.45, 7) is 1.59. The average molecular weight is 349 g/mol. The van der Waals surface area contributed by atoms with Crippen molar-refractivity contribution in [3.8, 4) is 0 Å². The zero-order chi connectivity index (χ0) is 17.3. The number of carbonyl (C=O) groups is 1. The number of amides is 1. The molecule has 124 valence electrons. The van der Waals surface area contributed by atoms with Crippen molar-refractivity contribution < 1.29 is 13.6 Å². The van der Waals surface area contributed by atoms with E-state index in [-0.39, 0.29) is 12.1 Å². The van der Waals surface area contributed by atoms with Crippen molar-refractivity contribution in [1.29, 1.82) is 0 Å². The van der Waals surface area contributed by atoms with Gasteiger partial charge in [-0.25, -0.2) is 13.8 Å². The molecule has 0 spiro atoms. The number of anilines is 1. The Labute approximate surface area is 139 Å². The fourth-order valence-electron chi connectivity index (χ4n) is 2.25. The lowest BCUT2D eigenvalue weighted by Gasteiger charge is -2.08. The van der Waals surface area contributed by atoms with Gasteiger partial charge < -0.3 is 5.32 Å². The number of nitrogens with one attached hydrogen (secondary N) is 1. The molecule has 1 aromatic carbocycles. The highest BCUT2D eigenvalue weighted by Gasteiger charge is 2.14. The van der Waals surface area contributed by atoms with Crippen LogP contribution in [0, 0.1) is 11.6 Å². The number of thiophene rings is 1. The molecule has 2 heterocycles. The zero-order valence-electron chi connectivity index (χ0n) is 12.7. The number of para-hydroxylation sites is 1. The third-order valence-corrected chi connectivity index (χ3v) is 4.65. The molecule has 1 N–H and O–H groups in total. The summed E-state index contributed by atoms with van der Waals surface area (Å²) in [6, 6.07) is 5.02. The second-order valence-electron chi connectivity index (χ2n) is 5.11. The Hall–Kier alpha value is -2.61. The Balaban J connectivity index is 1.85. The number of halogens is 2. The average Bonchev–Trinajstić information content (AvgIpc) is 2.98. The first kappa shape index (κ1) is 16.3. The molecule has 2 aromatic heterocycles.